The maximum atomic E-state index is 12.6. The first-order chi connectivity index (χ1) is 14.7. The number of aryl methyl sites for hydroxylation is 2. The van der Waals surface area contributed by atoms with Gasteiger partial charge >= 0.3 is 5.97 Å². The van der Waals surface area contributed by atoms with E-state index < -0.39 is 15.8 Å². The molecule has 0 aliphatic heterocycles. The first-order valence-corrected chi connectivity index (χ1v) is 12.5. The van der Waals surface area contributed by atoms with Gasteiger partial charge in [0.1, 0.15) is 16.4 Å². The van der Waals surface area contributed by atoms with Crippen LogP contribution in [0.25, 0.3) is 0 Å². The Balaban J connectivity index is 1.71. The Morgan fingerprint density at radius 1 is 1.10 bits per heavy atom. The number of ether oxygens (including phenoxy) is 2. The van der Waals surface area contributed by atoms with E-state index in [0.29, 0.717) is 24.5 Å². The van der Waals surface area contributed by atoms with Crippen LogP contribution < -0.4 is 14.8 Å². The summed E-state index contributed by atoms with van der Waals surface area (Å²) < 4.78 is 35.6. The summed E-state index contributed by atoms with van der Waals surface area (Å²) in [6.45, 7) is 4.76. The molecule has 0 bridgehead atoms. The van der Waals surface area contributed by atoms with Gasteiger partial charge in [-0.15, -0.1) is 11.8 Å². The molecule has 9 heteroatoms. The summed E-state index contributed by atoms with van der Waals surface area (Å²) in [5, 5.41) is 12.0. The summed E-state index contributed by atoms with van der Waals surface area (Å²) in [5.41, 5.74) is 1.84. The molecule has 0 saturated heterocycles. The maximum absolute atomic E-state index is 12.6. The van der Waals surface area contributed by atoms with Crippen LogP contribution in [0.1, 0.15) is 17.5 Å². The highest BCUT2D eigenvalue weighted by molar-refractivity contribution is 7.99. The van der Waals surface area contributed by atoms with Crippen LogP contribution in [0.5, 0.6) is 11.5 Å². The molecule has 2 aromatic rings. The summed E-state index contributed by atoms with van der Waals surface area (Å²) in [7, 11) is -1.92. The minimum atomic E-state index is -3.39. The van der Waals surface area contributed by atoms with E-state index in [1.54, 1.807) is 36.0 Å². The van der Waals surface area contributed by atoms with E-state index in [-0.39, 0.29) is 17.3 Å². The summed E-state index contributed by atoms with van der Waals surface area (Å²) in [5.74, 6) is 0.835. The fourth-order valence-corrected chi connectivity index (χ4v) is 5.28. The van der Waals surface area contributed by atoms with Crippen LogP contribution >= 0.6 is 11.8 Å². The van der Waals surface area contributed by atoms with Crippen molar-refractivity contribution in [1.29, 1.82) is 0 Å². The van der Waals surface area contributed by atoms with Gasteiger partial charge in [-0.1, -0.05) is 6.07 Å². The number of hydrogen-bond donors (Lipinski definition) is 2. The Morgan fingerprint density at radius 3 is 2.55 bits per heavy atom. The minimum Gasteiger partial charge on any atom is -0.495 e. The smallest absolute Gasteiger partial charge is 0.341 e. The second-order valence-electron chi connectivity index (χ2n) is 7.03. The number of rotatable bonds is 13. The van der Waals surface area contributed by atoms with Crippen molar-refractivity contribution >= 4 is 27.6 Å². The highest BCUT2D eigenvalue weighted by Gasteiger charge is 2.19. The Kier molecular flexibility index (Phi) is 9.67. The lowest BCUT2D eigenvalue weighted by atomic mass is 10.2. The van der Waals surface area contributed by atoms with Crippen molar-refractivity contribution in [3.63, 3.8) is 0 Å². The third-order valence-corrected chi connectivity index (χ3v) is 7.29. The third-order valence-electron chi connectivity index (χ3n) is 4.47. The van der Waals surface area contributed by atoms with Gasteiger partial charge in [-0.2, -0.15) is 0 Å². The molecule has 0 fully saturated rings. The van der Waals surface area contributed by atoms with Gasteiger partial charge in [0.25, 0.3) is 0 Å². The van der Waals surface area contributed by atoms with E-state index in [1.165, 1.54) is 7.11 Å². The fourth-order valence-electron chi connectivity index (χ4n) is 2.91. The van der Waals surface area contributed by atoms with Crippen LogP contribution in [0, 0.1) is 13.8 Å². The zero-order chi connectivity index (χ0) is 22.9. The number of carboxylic acids is 1. The van der Waals surface area contributed by atoms with Gasteiger partial charge in [0.15, 0.2) is 16.4 Å². The number of sulfone groups is 1. The molecule has 170 valence electrons. The number of thioether (sulfide) groups is 1. The first kappa shape index (κ1) is 25.0. The lowest BCUT2D eigenvalue weighted by Gasteiger charge is -2.11. The molecule has 2 aromatic carbocycles. The molecule has 0 saturated carbocycles. The minimum absolute atomic E-state index is 0.0591. The van der Waals surface area contributed by atoms with Gasteiger partial charge in [-0.25, -0.2) is 13.2 Å². The lowest BCUT2D eigenvalue weighted by molar-refractivity contribution is -0.139. The number of benzene rings is 2. The van der Waals surface area contributed by atoms with Crippen molar-refractivity contribution in [1.82, 2.24) is 5.32 Å². The van der Waals surface area contributed by atoms with E-state index in [2.05, 4.69) is 5.32 Å². The predicted octanol–water partition coefficient (Wildman–Crippen LogP) is 3.32. The molecular weight excluding hydrogens is 438 g/mol. The fraction of sp³-hybridized carbons (Fsp3) is 0.409. The van der Waals surface area contributed by atoms with Crippen molar-refractivity contribution in [2.24, 2.45) is 0 Å². The maximum Gasteiger partial charge on any atom is 0.341 e. The van der Waals surface area contributed by atoms with Crippen molar-refractivity contribution < 1.29 is 27.8 Å². The highest BCUT2D eigenvalue weighted by Crippen LogP contribution is 2.27. The lowest BCUT2D eigenvalue weighted by Crippen LogP contribution is -2.21. The van der Waals surface area contributed by atoms with Crippen LogP contribution in [0.3, 0.4) is 0 Å². The summed E-state index contributed by atoms with van der Waals surface area (Å²) in [6, 6.07) is 10.7. The van der Waals surface area contributed by atoms with E-state index in [9.17, 15) is 13.2 Å². The van der Waals surface area contributed by atoms with Gasteiger partial charge in [-0.05, 0) is 68.3 Å². The molecular formula is C22H29NO6S2. The quantitative estimate of drug-likeness (QED) is 0.342. The van der Waals surface area contributed by atoms with Gasteiger partial charge in [0.2, 0.25) is 0 Å². The first-order valence-electron chi connectivity index (χ1n) is 9.89. The van der Waals surface area contributed by atoms with Gasteiger partial charge < -0.3 is 19.9 Å². The number of methoxy groups -OCH3 is 1. The topological polar surface area (TPSA) is 102 Å². The molecule has 0 radical (unpaired) electrons. The third kappa shape index (κ3) is 8.08. The molecule has 0 aliphatic carbocycles. The Hall–Kier alpha value is -2.23. The zero-order valence-electron chi connectivity index (χ0n) is 18.0. The largest absolute Gasteiger partial charge is 0.495 e. The van der Waals surface area contributed by atoms with Crippen LogP contribution in [0.4, 0.5) is 0 Å². The molecule has 2 rings (SSSR count). The van der Waals surface area contributed by atoms with Crippen LogP contribution in [0.15, 0.2) is 46.2 Å². The molecule has 0 amide bonds. The standard InChI is InChI=1S/C22H29NO6S2/c1-16-5-8-21(20(13-16)28-3)31(26,27)12-4-9-23-10-11-30-18-6-7-19(17(2)14-18)29-15-22(24)25/h5-8,13-14,23H,4,9-12,15H2,1-3H3,(H,24,25). The molecule has 7 nitrogen and oxygen atoms in total. The molecule has 0 spiro atoms. The van der Waals surface area contributed by atoms with E-state index in [0.717, 1.165) is 28.3 Å². The molecule has 0 atom stereocenters. The van der Waals surface area contributed by atoms with Gasteiger partial charge in [-0.3, -0.25) is 0 Å². The van der Waals surface area contributed by atoms with Crippen LogP contribution in [-0.4, -0.2) is 57.8 Å². The number of carboxylic acid groups (broad SMARTS) is 1. The second kappa shape index (κ2) is 12.0. The second-order valence-corrected chi connectivity index (χ2v) is 10.3. The highest BCUT2D eigenvalue weighted by atomic mass is 32.2. The number of aliphatic carboxylic acids is 1. The number of carbonyl (C=O) groups is 1. The van der Waals surface area contributed by atoms with E-state index in [4.69, 9.17) is 14.6 Å². The van der Waals surface area contributed by atoms with Crippen LogP contribution in [0.2, 0.25) is 0 Å². The monoisotopic (exact) mass is 467 g/mol. The molecule has 0 heterocycles. The van der Waals surface area contributed by atoms with E-state index in [1.807, 2.05) is 26.0 Å². The molecule has 0 unspecified atom stereocenters. The Labute approximate surface area is 188 Å². The predicted molar refractivity (Wildman–Crippen MR) is 122 cm³/mol. The van der Waals surface area contributed by atoms with Gasteiger partial charge in [0, 0.05) is 17.2 Å². The Bertz CT molecular complexity index is 991. The van der Waals surface area contributed by atoms with Gasteiger partial charge in [0.05, 0.1) is 12.9 Å². The van der Waals surface area contributed by atoms with Crippen molar-refractivity contribution in [3.05, 3.63) is 47.5 Å². The Morgan fingerprint density at radius 2 is 1.87 bits per heavy atom. The molecule has 31 heavy (non-hydrogen) atoms. The van der Waals surface area contributed by atoms with Crippen molar-refractivity contribution in [3.8, 4) is 11.5 Å². The zero-order valence-corrected chi connectivity index (χ0v) is 19.6. The molecule has 0 aromatic heterocycles. The average Bonchev–Trinajstić information content (AvgIpc) is 2.71. The number of hydrogen-bond acceptors (Lipinski definition) is 7. The van der Waals surface area contributed by atoms with Crippen LogP contribution in [-0.2, 0) is 14.6 Å². The van der Waals surface area contributed by atoms with Crippen molar-refractivity contribution in [2.45, 2.75) is 30.1 Å². The summed E-state index contributed by atoms with van der Waals surface area (Å²) >= 11 is 1.67. The van der Waals surface area contributed by atoms with Crippen molar-refractivity contribution in [2.75, 3.05) is 38.3 Å². The average molecular weight is 468 g/mol. The SMILES string of the molecule is COc1cc(C)ccc1S(=O)(=O)CCCNCCSc1ccc(OCC(=O)O)c(C)c1. The summed E-state index contributed by atoms with van der Waals surface area (Å²) in [4.78, 5) is 11.9. The normalized spacial score (nSPS) is 11.3. The summed E-state index contributed by atoms with van der Waals surface area (Å²) in [6.07, 6.45) is 0.513. The molecule has 2 N–H and O–H groups in total. The number of nitrogens with one attached hydrogen (secondary N) is 1. The van der Waals surface area contributed by atoms with E-state index >= 15 is 0 Å². The molecule has 0 aliphatic rings.